The second-order valence-corrected chi connectivity index (χ2v) is 4.61. The zero-order valence-electron chi connectivity index (χ0n) is 11.5. The second kappa shape index (κ2) is 6.52. The normalized spacial score (nSPS) is 14.5. The Morgan fingerprint density at radius 3 is 2.89 bits per heavy atom. The first kappa shape index (κ1) is 13.8. The molecule has 0 N–H and O–H groups in total. The zero-order chi connectivity index (χ0) is 13.7. The molecule has 1 saturated carbocycles. The van der Waals surface area contributed by atoms with Gasteiger partial charge in [-0.2, -0.15) is 0 Å². The highest BCUT2D eigenvalue weighted by Gasteiger charge is 2.30. The van der Waals surface area contributed by atoms with Gasteiger partial charge in [0.05, 0.1) is 26.0 Å². The lowest BCUT2D eigenvalue weighted by Crippen LogP contribution is -2.32. The third-order valence-electron chi connectivity index (χ3n) is 3.06. The Hall–Kier alpha value is -1.62. The monoisotopic (exact) mass is 264 g/mol. The maximum Gasteiger partial charge on any atom is 0.320 e. The molecular weight excluding hydrogens is 244 g/mol. The van der Waals surface area contributed by atoms with Crippen molar-refractivity contribution in [2.75, 3.05) is 20.3 Å². The SMILES string of the molecule is CCOC(=O)CN(Cc1cccc(OC)n1)C1CC1. The van der Waals surface area contributed by atoms with Gasteiger partial charge in [-0.1, -0.05) is 6.07 Å². The number of rotatable bonds is 7. The maximum absolute atomic E-state index is 11.6. The van der Waals surface area contributed by atoms with Crippen molar-refractivity contribution in [2.24, 2.45) is 0 Å². The summed E-state index contributed by atoms with van der Waals surface area (Å²) in [4.78, 5) is 18.1. The number of methoxy groups -OCH3 is 1. The van der Waals surface area contributed by atoms with E-state index in [9.17, 15) is 4.79 Å². The predicted octanol–water partition coefficient (Wildman–Crippen LogP) is 1.62. The van der Waals surface area contributed by atoms with Crippen LogP contribution in [-0.4, -0.2) is 42.2 Å². The predicted molar refractivity (Wildman–Crippen MR) is 70.9 cm³/mol. The summed E-state index contributed by atoms with van der Waals surface area (Å²) in [6, 6.07) is 6.16. The molecule has 0 spiro atoms. The van der Waals surface area contributed by atoms with Gasteiger partial charge < -0.3 is 9.47 Å². The van der Waals surface area contributed by atoms with Crippen LogP contribution in [0.5, 0.6) is 5.88 Å². The maximum atomic E-state index is 11.6. The van der Waals surface area contributed by atoms with Gasteiger partial charge >= 0.3 is 5.97 Å². The van der Waals surface area contributed by atoms with Gasteiger partial charge in [0, 0.05) is 18.7 Å². The fourth-order valence-electron chi connectivity index (χ4n) is 1.99. The first-order valence-corrected chi connectivity index (χ1v) is 6.62. The van der Waals surface area contributed by atoms with Crippen LogP contribution in [0, 0.1) is 0 Å². The molecule has 1 aromatic rings. The van der Waals surface area contributed by atoms with Crippen LogP contribution in [0.4, 0.5) is 0 Å². The van der Waals surface area contributed by atoms with Crippen LogP contribution in [-0.2, 0) is 16.1 Å². The number of carbonyl (C=O) groups excluding carboxylic acids is 1. The number of carbonyl (C=O) groups is 1. The highest BCUT2D eigenvalue weighted by atomic mass is 16.5. The summed E-state index contributed by atoms with van der Waals surface area (Å²) >= 11 is 0. The third-order valence-corrected chi connectivity index (χ3v) is 3.06. The molecule has 0 amide bonds. The Kier molecular flexibility index (Phi) is 4.74. The van der Waals surface area contributed by atoms with Gasteiger partial charge in [0.1, 0.15) is 0 Å². The molecule has 0 aromatic carbocycles. The highest BCUT2D eigenvalue weighted by Crippen LogP contribution is 2.28. The molecule has 0 aliphatic heterocycles. The third kappa shape index (κ3) is 4.21. The Bertz CT molecular complexity index is 432. The van der Waals surface area contributed by atoms with Crippen molar-refractivity contribution >= 4 is 5.97 Å². The van der Waals surface area contributed by atoms with Gasteiger partial charge in [0.25, 0.3) is 0 Å². The number of hydrogen-bond donors (Lipinski definition) is 0. The summed E-state index contributed by atoms with van der Waals surface area (Å²) in [6.07, 6.45) is 2.28. The van der Waals surface area contributed by atoms with Crippen LogP contribution in [0.3, 0.4) is 0 Å². The Morgan fingerprint density at radius 1 is 1.47 bits per heavy atom. The molecule has 1 aliphatic rings. The lowest BCUT2D eigenvalue weighted by Gasteiger charge is -2.20. The first-order valence-electron chi connectivity index (χ1n) is 6.62. The topological polar surface area (TPSA) is 51.7 Å². The van der Waals surface area contributed by atoms with Crippen LogP contribution < -0.4 is 4.74 Å². The molecule has 0 unspecified atom stereocenters. The van der Waals surface area contributed by atoms with Gasteiger partial charge in [-0.15, -0.1) is 0 Å². The molecule has 2 rings (SSSR count). The van der Waals surface area contributed by atoms with Crippen molar-refractivity contribution < 1.29 is 14.3 Å². The van der Waals surface area contributed by atoms with E-state index in [-0.39, 0.29) is 5.97 Å². The van der Waals surface area contributed by atoms with Crippen LogP contribution in [0.1, 0.15) is 25.5 Å². The van der Waals surface area contributed by atoms with Crippen molar-refractivity contribution in [1.82, 2.24) is 9.88 Å². The molecule has 1 heterocycles. The van der Waals surface area contributed by atoms with Gasteiger partial charge in [0.15, 0.2) is 0 Å². The molecule has 104 valence electrons. The molecule has 0 atom stereocenters. The van der Waals surface area contributed by atoms with Crippen molar-refractivity contribution in [1.29, 1.82) is 0 Å². The molecule has 0 bridgehead atoms. The molecule has 5 heteroatoms. The summed E-state index contributed by atoms with van der Waals surface area (Å²) in [5.41, 5.74) is 0.913. The lowest BCUT2D eigenvalue weighted by molar-refractivity contribution is -0.144. The Labute approximate surface area is 113 Å². The van der Waals surface area contributed by atoms with Crippen molar-refractivity contribution in [3.05, 3.63) is 23.9 Å². The van der Waals surface area contributed by atoms with Crippen molar-refractivity contribution in [3.63, 3.8) is 0 Å². The number of pyridine rings is 1. The number of aromatic nitrogens is 1. The number of hydrogen-bond acceptors (Lipinski definition) is 5. The molecule has 0 saturated heterocycles. The minimum Gasteiger partial charge on any atom is -0.481 e. The van der Waals surface area contributed by atoms with Crippen molar-refractivity contribution in [3.8, 4) is 5.88 Å². The minimum atomic E-state index is -0.169. The van der Waals surface area contributed by atoms with Crippen LogP contribution in [0.2, 0.25) is 0 Å². The van der Waals surface area contributed by atoms with Crippen molar-refractivity contribution in [2.45, 2.75) is 32.4 Å². The standard InChI is InChI=1S/C14H20N2O3/c1-3-19-14(17)10-16(12-7-8-12)9-11-5-4-6-13(15-11)18-2/h4-6,12H,3,7-10H2,1-2H3. The fraction of sp³-hybridized carbons (Fsp3) is 0.571. The van der Waals surface area contributed by atoms with E-state index in [2.05, 4.69) is 9.88 Å². The molecule has 1 aliphatic carbocycles. The van der Waals surface area contributed by atoms with E-state index >= 15 is 0 Å². The van der Waals surface area contributed by atoms with E-state index in [4.69, 9.17) is 9.47 Å². The van der Waals surface area contributed by atoms with Gasteiger partial charge in [-0.25, -0.2) is 4.98 Å². The Balaban J connectivity index is 1.97. The minimum absolute atomic E-state index is 0.169. The summed E-state index contributed by atoms with van der Waals surface area (Å²) in [5.74, 6) is 0.432. The van der Waals surface area contributed by atoms with E-state index in [1.54, 1.807) is 7.11 Å². The molecule has 1 fully saturated rings. The first-order chi connectivity index (χ1) is 9.22. The van der Waals surface area contributed by atoms with E-state index < -0.39 is 0 Å². The largest absolute Gasteiger partial charge is 0.481 e. The quantitative estimate of drug-likeness (QED) is 0.700. The molecular formula is C14H20N2O3. The lowest BCUT2D eigenvalue weighted by atomic mass is 10.3. The number of nitrogens with zero attached hydrogens (tertiary/aromatic N) is 2. The smallest absolute Gasteiger partial charge is 0.320 e. The number of ether oxygens (including phenoxy) is 2. The van der Waals surface area contributed by atoms with Gasteiger partial charge in [0.2, 0.25) is 5.88 Å². The average molecular weight is 264 g/mol. The molecule has 0 radical (unpaired) electrons. The number of esters is 1. The zero-order valence-corrected chi connectivity index (χ0v) is 11.5. The summed E-state index contributed by atoms with van der Waals surface area (Å²) in [7, 11) is 1.60. The summed E-state index contributed by atoms with van der Waals surface area (Å²) < 4.78 is 10.1. The molecule has 5 nitrogen and oxygen atoms in total. The van der Waals surface area contributed by atoms with E-state index in [1.165, 1.54) is 0 Å². The van der Waals surface area contributed by atoms with E-state index in [0.29, 0.717) is 31.6 Å². The van der Waals surface area contributed by atoms with Crippen LogP contribution in [0.15, 0.2) is 18.2 Å². The van der Waals surface area contributed by atoms with Gasteiger partial charge in [-0.05, 0) is 25.8 Å². The average Bonchev–Trinajstić information content (AvgIpc) is 3.23. The highest BCUT2D eigenvalue weighted by molar-refractivity contribution is 5.71. The second-order valence-electron chi connectivity index (χ2n) is 4.61. The van der Waals surface area contributed by atoms with E-state index in [0.717, 1.165) is 18.5 Å². The fourth-order valence-corrected chi connectivity index (χ4v) is 1.99. The molecule has 19 heavy (non-hydrogen) atoms. The van der Waals surface area contributed by atoms with Gasteiger partial charge in [-0.3, -0.25) is 9.69 Å². The Morgan fingerprint density at radius 2 is 2.26 bits per heavy atom. The summed E-state index contributed by atoms with van der Waals surface area (Å²) in [5, 5.41) is 0. The summed E-state index contributed by atoms with van der Waals surface area (Å²) in [6.45, 7) is 3.23. The van der Waals surface area contributed by atoms with Crippen LogP contribution >= 0.6 is 0 Å². The van der Waals surface area contributed by atoms with Crippen LogP contribution in [0.25, 0.3) is 0 Å². The van der Waals surface area contributed by atoms with E-state index in [1.807, 2.05) is 25.1 Å². The molecule has 1 aromatic heterocycles.